The summed E-state index contributed by atoms with van der Waals surface area (Å²) in [7, 11) is 0. The summed E-state index contributed by atoms with van der Waals surface area (Å²) in [5, 5.41) is 4.01. The van der Waals surface area contributed by atoms with Crippen molar-refractivity contribution in [2.24, 2.45) is 5.73 Å². The standard InChI is InChI=1S/C14H17BrN4O/c15-10-5-4-8-17-12(10)13-18-11(20-19-13)9-14(16)6-2-1-3-7-14/h4-5,8H,1-3,6-7,9,16H2. The number of rotatable bonds is 3. The molecule has 20 heavy (non-hydrogen) atoms. The van der Waals surface area contributed by atoms with Gasteiger partial charge in [0.25, 0.3) is 0 Å². The maximum absolute atomic E-state index is 6.42. The predicted octanol–water partition coefficient (Wildman–Crippen LogP) is 3.10. The van der Waals surface area contributed by atoms with Gasteiger partial charge in [0.2, 0.25) is 11.7 Å². The summed E-state index contributed by atoms with van der Waals surface area (Å²) in [5.41, 5.74) is 6.92. The van der Waals surface area contributed by atoms with Crippen LogP contribution in [-0.4, -0.2) is 20.7 Å². The summed E-state index contributed by atoms with van der Waals surface area (Å²) in [6.45, 7) is 0. The molecule has 0 aliphatic heterocycles. The fourth-order valence-electron chi connectivity index (χ4n) is 2.71. The van der Waals surface area contributed by atoms with E-state index >= 15 is 0 Å². The number of hydrogen-bond acceptors (Lipinski definition) is 5. The molecule has 2 heterocycles. The number of nitrogens with zero attached hydrogens (tertiary/aromatic N) is 3. The molecule has 0 amide bonds. The van der Waals surface area contributed by atoms with Crippen molar-refractivity contribution in [2.45, 2.75) is 44.1 Å². The van der Waals surface area contributed by atoms with E-state index in [0.29, 0.717) is 23.8 Å². The lowest BCUT2D eigenvalue weighted by Gasteiger charge is -2.31. The highest BCUT2D eigenvalue weighted by atomic mass is 79.9. The molecular formula is C14H17BrN4O. The Hall–Kier alpha value is -1.27. The molecule has 0 radical (unpaired) electrons. The third kappa shape index (κ3) is 2.91. The lowest BCUT2D eigenvalue weighted by atomic mass is 9.80. The number of aromatic nitrogens is 3. The summed E-state index contributed by atoms with van der Waals surface area (Å²) in [4.78, 5) is 8.69. The van der Waals surface area contributed by atoms with Crippen LogP contribution in [0.25, 0.3) is 11.5 Å². The van der Waals surface area contributed by atoms with Gasteiger partial charge >= 0.3 is 0 Å². The molecule has 2 N–H and O–H groups in total. The fourth-order valence-corrected chi connectivity index (χ4v) is 3.14. The average Bonchev–Trinajstić information content (AvgIpc) is 2.87. The van der Waals surface area contributed by atoms with E-state index in [1.165, 1.54) is 19.3 Å². The van der Waals surface area contributed by atoms with Crippen molar-refractivity contribution in [1.29, 1.82) is 0 Å². The normalized spacial score (nSPS) is 18.1. The SMILES string of the molecule is NC1(Cc2nc(-c3ncccc3Br)no2)CCCCC1. The molecule has 0 unspecified atom stereocenters. The maximum Gasteiger partial charge on any atom is 0.228 e. The molecule has 5 nitrogen and oxygen atoms in total. The van der Waals surface area contributed by atoms with Crippen LogP contribution in [-0.2, 0) is 6.42 Å². The minimum atomic E-state index is -0.191. The van der Waals surface area contributed by atoms with E-state index in [-0.39, 0.29) is 5.54 Å². The molecule has 106 valence electrons. The molecule has 0 saturated heterocycles. The van der Waals surface area contributed by atoms with Crippen molar-refractivity contribution in [3.8, 4) is 11.5 Å². The van der Waals surface area contributed by atoms with Crippen LogP contribution in [0.4, 0.5) is 0 Å². The summed E-state index contributed by atoms with van der Waals surface area (Å²) in [6, 6.07) is 3.76. The molecule has 6 heteroatoms. The zero-order valence-electron chi connectivity index (χ0n) is 11.2. The number of pyridine rings is 1. The summed E-state index contributed by atoms with van der Waals surface area (Å²) in [5.74, 6) is 1.11. The van der Waals surface area contributed by atoms with E-state index in [2.05, 4.69) is 31.1 Å². The molecular weight excluding hydrogens is 320 g/mol. The minimum absolute atomic E-state index is 0.191. The van der Waals surface area contributed by atoms with Crippen LogP contribution in [0.3, 0.4) is 0 Å². The van der Waals surface area contributed by atoms with Crippen LogP contribution in [0.15, 0.2) is 27.3 Å². The number of hydrogen-bond donors (Lipinski definition) is 1. The van der Waals surface area contributed by atoms with Crippen molar-refractivity contribution >= 4 is 15.9 Å². The summed E-state index contributed by atoms with van der Waals surface area (Å²) < 4.78 is 6.19. The zero-order chi connectivity index (χ0) is 14.0. The zero-order valence-corrected chi connectivity index (χ0v) is 12.8. The van der Waals surface area contributed by atoms with Gasteiger partial charge in [0, 0.05) is 22.6 Å². The first kappa shape index (κ1) is 13.7. The number of nitrogens with two attached hydrogens (primary N) is 1. The van der Waals surface area contributed by atoms with Crippen LogP contribution in [0.2, 0.25) is 0 Å². The second-order valence-electron chi connectivity index (χ2n) is 5.45. The maximum atomic E-state index is 6.42. The van der Waals surface area contributed by atoms with Crippen molar-refractivity contribution < 1.29 is 4.52 Å². The van der Waals surface area contributed by atoms with E-state index in [0.717, 1.165) is 17.3 Å². The van der Waals surface area contributed by atoms with Crippen molar-refractivity contribution in [3.63, 3.8) is 0 Å². The largest absolute Gasteiger partial charge is 0.339 e. The predicted molar refractivity (Wildman–Crippen MR) is 78.9 cm³/mol. The van der Waals surface area contributed by atoms with Crippen LogP contribution >= 0.6 is 15.9 Å². The lowest BCUT2D eigenvalue weighted by molar-refractivity contribution is 0.261. The average molecular weight is 337 g/mol. The monoisotopic (exact) mass is 336 g/mol. The Kier molecular flexibility index (Phi) is 3.85. The van der Waals surface area contributed by atoms with Gasteiger partial charge < -0.3 is 10.3 Å². The highest BCUT2D eigenvalue weighted by molar-refractivity contribution is 9.10. The molecule has 2 aromatic heterocycles. The van der Waals surface area contributed by atoms with Gasteiger partial charge in [-0.15, -0.1) is 0 Å². The van der Waals surface area contributed by atoms with E-state index in [9.17, 15) is 0 Å². The van der Waals surface area contributed by atoms with Gasteiger partial charge in [-0.2, -0.15) is 4.98 Å². The van der Waals surface area contributed by atoms with E-state index in [1.54, 1.807) is 6.20 Å². The molecule has 0 aromatic carbocycles. The third-order valence-corrected chi connectivity index (χ3v) is 4.43. The molecule has 1 saturated carbocycles. The van der Waals surface area contributed by atoms with Crippen LogP contribution < -0.4 is 5.73 Å². The molecule has 0 atom stereocenters. The minimum Gasteiger partial charge on any atom is -0.339 e. The first-order chi connectivity index (χ1) is 9.66. The lowest BCUT2D eigenvalue weighted by Crippen LogP contribution is -2.43. The van der Waals surface area contributed by atoms with Crippen molar-refractivity contribution in [1.82, 2.24) is 15.1 Å². The van der Waals surface area contributed by atoms with Crippen LogP contribution in [0.5, 0.6) is 0 Å². The van der Waals surface area contributed by atoms with Crippen LogP contribution in [0.1, 0.15) is 38.0 Å². The molecule has 0 spiro atoms. The fraction of sp³-hybridized carbons (Fsp3) is 0.500. The Labute approximate surface area is 126 Å². The Morgan fingerprint density at radius 2 is 2.10 bits per heavy atom. The molecule has 1 fully saturated rings. The highest BCUT2D eigenvalue weighted by Crippen LogP contribution is 2.29. The van der Waals surface area contributed by atoms with Crippen molar-refractivity contribution in [3.05, 3.63) is 28.7 Å². The van der Waals surface area contributed by atoms with Gasteiger partial charge in [-0.3, -0.25) is 4.98 Å². The topological polar surface area (TPSA) is 77.8 Å². The molecule has 1 aliphatic carbocycles. The second kappa shape index (κ2) is 5.61. The second-order valence-corrected chi connectivity index (χ2v) is 6.30. The van der Waals surface area contributed by atoms with Gasteiger partial charge in [0.15, 0.2) is 0 Å². The Balaban J connectivity index is 1.79. The Morgan fingerprint density at radius 1 is 1.30 bits per heavy atom. The van der Waals surface area contributed by atoms with Crippen molar-refractivity contribution in [2.75, 3.05) is 0 Å². The summed E-state index contributed by atoms with van der Waals surface area (Å²) >= 11 is 3.44. The first-order valence-electron chi connectivity index (χ1n) is 6.89. The van der Waals surface area contributed by atoms with Gasteiger partial charge in [-0.25, -0.2) is 0 Å². The van der Waals surface area contributed by atoms with Gasteiger partial charge in [0.05, 0.1) is 0 Å². The van der Waals surface area contributed by atoms with E-state index in [4.69, 9.17) is 10.3 Å². The quantitative estimate of drug-likeness (QED) is 0.931. The van der Waals surface area contributed by atoms with Gasteiger partial charge in [-0.05, 0) is 40.9 Å². The molecule has 3 rings (SSSR count). The van der Waals surface area contributed by atoms with Crippen LogP contribution in [0, 0.1) is 0 Å². The molecule has 0 bridgehead atoms. The Morgan fingerprint density at radius 3 is 2.85 bits per heavy atom. The molecule has 1 aliphatic rings. The van der Waals surface area contributed by atoms with E-state index in [1.807, 2.05) is 12.1 Å². The van der Waals surface area contributed by atoms with E-state index < -0.39 is 0 Å². The Bertz CT molecular complexity index is 592. The highest BCUT2D eigenvalue weighted by Gasteiger charge is 2.30. The number of halogens is 1. The first-order valence-corrected chi connectivity index (χ1v) is 7.68. The van der Waals surface area contributed by atoms with Gasteiger partial charge in [-0.1, -0.05) is 24.4 Å². The van der Waals surface area contributed by atoms with Gasteiger partial charge in [0.1, 0.15) is 5.69 Å². The smallest absolute Gasteiger partial charge is 0.228 e. The third-order valence-electron chi connectivity index (χ3n) is 3.79. The summed E-state index contributed by atoms with van der Waals surface area (Å²) in [6.07, 6.45) is 8.05. The molecule has 2 aromatic rings.